The molecule has 0 fully saturated rings. The molecule has 0 spiro atoms. The molecule has 1 N–H and O–H groups in total. The van der Waals surface area contributed by atoms with Crippen LogP contribution in [0.4, 0.5) is 4.79 Å². The third-order valence-corrected chi connectivity index (χ3v) is 2.79. The molecule has 134 valence electrons. The fourth-order valence-corrected chi connectivity index (χ4v) is 1.83. The van der Waals surface area contributed by atoms with Gasteiger partial charge in [-0.1, -0.05) is 0 Å². The van der Waals surface area contributed by atoms with Gasteiger partial charge in [0.2, 0.25) is 5.89 Å². The van der Waals surface area contributed by atoms with Crippen LogP contribution in [0.2, 0.25) is 0 Å². The second kappa shape index (κ2) is 7.94. The average molecular weight is 340 g/mol. The van der Waals surface area contributed by atoms with Crippen molar-refractivity contribution in [2.45, 2.75) is 59.6 Å². The molecule has 0 aliphatic rings. The fraction of sp³-hybridized carbons (Fsp3) is 0.625. The summed E-state index contributed by atoms with van der Waals surface area (Å²) in [5, 5.41) is 2.57. The molecule has 1 amide bonds. The Hall–Kier alpha value is -2.38. The molecule has 1 aromatic rings. The van der Waals surface area contributed by atoms with Crippen LogP contribution in [0.25, 0.3) is 0 Å². The molecule has 0 saturated heterocycles. The van der Waals surface area contributed by atoms with Gasteiger partial charge < -0.3 is 19.2 Å². The van der Waals surface area contributed by atoms with E-state index < -0.39 is 35.9 Å². The van der Waals surface area contributed by atoms with Crippen molar-refractivity contribution in [3.05, 3.63) is 17.3 Å². The van der Waals surface area contributed by atoms with E-state index >= 15 is 0 Å². The maximum absolute atomic E-state index is 12.1. The minimum Gasteiger partial charge on any atom is -0.466 e. The van der Waals surface area contributed by atoms with Crippen molar-refractivity contribution in [3.63, 3.8) is 0 Å². The minimum absolute atomic E-state index is 0.0518. The van der Waals surface area contributed by atoms with E-state index in [0.717, 1.165) is 0 Å². The van der Waals surface area contributed by atoms with Gasteiger partial charge in [0.05, 0.1) is 6.61 Å². The number of ketones is 1. The average Bonchev–Trinajstić information content (AvgIpc) is 2.78. The van der Waals surface area contributed by atoms with Gasteiger partial charge in [-0.05, 0) is 41.5 Å². The number of aryl methyl sites for hydroxylation is 1. The summed E-state index contributed by atoms with van der Waals surface area (Å²) in [4.78, 5) is 39.3. The summed E-state index contributed by atoms with van der Waals surface area (Å²) >= 11 is 0. The molecule has 0 bridgehead atoms. The Morgan fingerprint density at radius 1 is 1.29 bits per heavy atom. The standard InChI is InChI=1S/C16H24N2O6/c1-7-22-12(20)8-11(19)13-10(3)23-14(18-13)9(2)17-15(21)24-16(4,5)6/h9H,7-8H2,1-6H3,(H,17,21)/t9-/m0/s1. The highest BCUT2D eigenvalue weighted by Crippen LogP contribution is 2.18. The van der Waals surface area contributed by atoms with Crippen LogP contribution in [-0.2, 0) is 14.3 Å². The number of Topliss-reactive ketones (excluding diaryl/α,β-unsaturated/α-hetero) is 1. The quantitative estimate of drug-likeness (QED) is 0.482. The smallest absolute Gasteiger partial charge is 0.408 e. The molecule has 0 saturated carbocycles. The lowest BCUT2D eigenvalue weighted by Crippen LogP contribution is -2.34. The number of hydrogen-bond donors (Lipinski definition) is 1. The number of oxazole rings is 1. The van der Waals surface area contributed by atoms with Gasteiger partial charge >= 0.3 is 12.1 Å². The monoisotopic (exact) mass is 340 g/mol. The first-order chi connectivity index (χ1) is 11.0. The molecule has 0 aromatic carbocycles. The molecular formula is C16H24N2O6. The number of amides is 1. The predicted octanol–water partition coefficient (Wildman–Crippen LogP) is 2.70. The zero-order chi connectivity index (χ0) is 18.5. The lowest BCUT2D eigenvalue weighted by molar-refractivity contribution is -0.141. The highest BCUT2D eigenvalue weighted by molar-refractivity contribution is 6.05. The summed E-state index contributed by atoms with van der Waals surface area (Å²) in [7, 11) is 0. The van der Waals surface area contributed by atoms with Crippen LogP contribution in [0.5, 0.6) is 0 Å². The van der Waals surface area contributed by atoms with E-state index in [-0.39, 0.29) is 24.0 Å². The van der Waals surface area contributed by atoms with Crippen molar-refractivity contribution in [1.29, 1.82) is 0 Å². The van der Waals surface area contributed by atoms with E-state index in [4.69, 9.17) is 13.9 Å². The van der Waals surface area contributed by atoms with Gasteiger partial charge in [-0.15, -0.1) is 0 Å². The molecule has 8 nitrogen and oxygen atoms in total. The van der Waals surface area contributed by atoms with Crippen molar-refractivity contribution in [1.82, 2.24) is 10.3 Å². The van der Waals surface area contributed by atoms with Crippen LogP contribution in [0.15, 0.2) is 4.42 Å². The molecule has 1 atom stereocenters. The molecule has 24 heavy (non-hydrogen) atoms. The Bertz CT molecular complexity index is 615. The van der Waals surface area contributed by atoms with Crippen molar-refractivity contribution >= 4 is 17.8 Å². The van der Waals surface area contributed by atoms with Gasteiger partial charge in [0.1, 0.15) is 29.5 Å². The lowest BCUT2D eigenvalue weighted by atomic mass is 10.2. The van der Waals surface area contributed by atoms with E-state index in [1.165, 1.54) is 0 Å². The van der Waals surface area contributed by atoms with Gasteiger partial charge in [-0.25, -0.2) is 9.78 Å². The molecule has 1 aromatic heterocycles. The summed E-state index contributed by atoms with van der Waals surface area (Å²) < 4.78 is 15.3. The second-order valence-electron chi connectivity index (χ2n) is 6.23. The molecule has 8 heteroatoms. The maximum atomic E-state index is 12.1. The molecule has 1 rings (SSSR count). The maximum Gasteiger partial charge on any atom is 0.408 e. The number of hydrogen-bond acceptors (Lipinski definition) is 7. The van der Waals surface area contributed by atoms with Gasteiger partial charge in [-0.3, -0.25) is 9.59 Å². The molecule has 0 aliphatic heterocycles. The minimum atomic E-state index is -0.628. The zero-order valence-corrected chi connectivity index (χ0v) is 14.9. The first-order valence-electron chi connectivity index (χ1n) is 7.69. The summed E-state index contributed by atoms with van der Waals surface area (Å²) in [6, 6.07) is -0.595. The number of ether oxygens (including phenoxy) is 2. The lowest BCUT2D eigenvalue weighted by Gasteiger charge is -2.21. The largest absolute Gasteiger partial charge is 0.466 e. The number of nitrogens with one attached hydrogen (secondary N) is 1. The van der Waals surface area contributed by atoms with Gasteiger partial charge in [-0.2, -0.15) is 0 Å². The van der Waals surface area contributed by atoms with Crippen molar-refractivity contribution in [2.75, 3.05) is 6.61 Å². The Kier molecular flexibility index (Phi) is 6.51. The first-order valence-corrected chi connectivity index (χ1v) is 7.69. The highest BCUT2D eigenvalue weighted by atomic mass is 16.6. The third-order valence-electron chi connectivity index (χ3n) is 2.79. The van der Waals surface area contributed by atoms with Crippen LogP contribution >= 0.6 is 0 Å². The van der Waals surface area contributed by atoms with Gasteiger partial charge in [0, 0.05) is 0 Å². The number of rotatable bonds is 6. The summed E-state index contributed by atoms with van der Waals surface area (Å²) in [5.41, 5.74) is -0.576. The second-order valence-corrected chi connectivity index (χ2v) is 6.23. The molecule has 0 unspecified atom stereocenters. The number of carbonyl (C=O) groups excluding carboxylic acids is 3. The molecule has 1 heterocycles. The van der Waals surface area contributed by atoms with Crippen LogP contribution < -0.4 is 5.32 Å². The van der Waals surface area contributed by atoms with Crippen molar-refractivity contribution in [3.8, 4) is 0 Å². The van der Waals surface area contributed by atoms with E-state index in [9.17, 15) is 14.4 Å². The van der Waals surface area contributed by atoms with Crippen LogP contribution in [0, 0.1) is 6.92 Å². The first kappa shape index (κ1) is 19.7. The Labute approximate surface area is 140 Å². The summed E-state index contributed by atoms with van der Waals surface area (Å²) in [6.07, 6.45) is -1.03. The van der Waals surface area contributed by atoms with Crippen LogP contribution in [0.1, 0.15) is 69.2 Å². The Balaban J connectivity index is 2.76. The van der Waals surface area contributed by atoms with Gasteiger partial charge in [0.15, 0.2) is 5.78 Å². The third kappa shape index (κ3) is 6.02. The number of aromatic nitrogens is 1. The Morgan fingerprint density at radius 3 is 2.46 bits per heavy atom. The normalized spacial score (nSPS) is 12.4. The van der Waals surface area contributed by atoms with Crippen LogP contribution in [-0.4, -0.2) is 35.0 Å². The van der Waals surface area contributed by atoms with Crippen LogP contribution in [0.3, 0.4) is 0 Å². The number of esters is 1. The predicted molar refractivity (Wildman–Crippen MR) is 84.6 cm³/mol. The Morgan fingerprint density at radius 2 is 1.92 bits per heavy atom. The van der Waals surface area contributed by atoms with Crippen molar-refractivity contribution in [2.24, 2.45) is 0 Å². The summed E-state index contributed by atoms with van der Waals surface area (Å²) in [5.74, 6) is -0.681. The number of carbonyl (C=O) groups is 3. The SMILES string of the molecule is CCOC(=O)CC(=O)c1nc([C@H](C)NC(=O)OC(C)(C)C)oc1C. The van der Waals surface area contributed by atoms with E-state index in [0.29, 0.717) is 0 Å². The zero-order valence-electron chi connectivity index (χ0n) is 14.9. The van der Waals surface area contributed by atoms with Crippen molar-refractivity contribution < 1.29 is 28.3 Å². The number of nitrogens with zero attached hydrogens (tertiary/aromatic N) is 1. The summed E-state index contributed by atoms with van der Waals surface area (Å²) in [6.45, 7) is 10.3. The fourth-order valence-electron chi connectivity index (χ4n) is 1.83. The molecular weight excluding hydrogens is 316 g/mol. The van der Waals surface area contributed by atoms with Gasteiger partial charge in [0.25, 0.3) is 0 Å². The molecule has 0 aliphatic carbocycles. The molecule has 0 radical (unpaired) electrons. The topological polar surface area (TPSA) is 108 Å². The van der Waals surface area contributed by atoms with E-state index in [1.54, 1.807) is 41.5 Å². The number of alkyl carbamates (subject to hydrolysis) is 1. The van der Waals surface area contributed by atoms with E-state index in [2.05, 4.69) is 10.3 Å². The highest BCUT2D eigenvalue weighted by Gasteiger charge is 2.25. The van der Waals surface area contributed by atoms with E-state index in [1.807, 2.05) is 0 Å².